The van der Waals surface area contributed by atoms with Crippen molar-refractivity contribution in [1.29, 1.82) is 0 Å². The van der Waals surface area contributed by atoms with E-state index in [9.17, 15) is 0 Å². The van der Waals surface area contributed by atoms with Crippen molar-refractivity contribution >= 4 is 0 Å². The van der Waals surface area contributed by atoms with Gasteiger partial charge in [0.2, 0.25) is 0 Å². The molecule has 3 nitrogen and oxygen atoms in total. The minimum Gasteiger partial charge on any atom is -0.383 e. The Morgan fingerprint density at radius 3 is 2.31 bits per heavy atom. The molecule has 2 fully saturated rings. The standard InChI is InChI=1S/C10H20N2O/c1-11-5-9-7-12(3-4-13-2)8-10(9)6-11/h9-10H,3-8H2,1-2H3. The Hall–Kier alpha value is -0.120. The number of hydrogen-bond acceptors (Lipinski definition) is 3. The zero-order valence-electron chi connectivity index (χ0n) is 8.70. The maximum Gasteiger partial charge on any atom is 0.0589 e. The number of methoxy groups -OCH3 is 1. The first-order valence-corrected chi connectivity index (χ1v) is 5.19. The molecule has 2 atom stereocenters. The zero-order chi connectivity index (χ0) is 9.26. The molecule has 0 spiro atoms. The van der Waals surface area contributed by atoms with Crippen LogP contribution in [0.4, 0.5) is 0 Å². The van der Waals surface area contributed by atoms with Gasteiger partial charge in [-0.25, -0.2) is 0 Å². The van der Waals surface area contributed by atoms with E-state index in [0.29, 0.717) is 0 Å². The van der Waals surface area contributed by atoms with E-state index in [1.165, 1.54) is 26.2 Å². The Bertz CT molecular complexity index is 160. The minimum absolute atomic E-state index is 0.884. The van der Waals surface area contributed by atoms with Crippen LogP contribution in [0.5, 0.6) is 0 Å². The Morgan fingerprint density at radius 1 is 1.15 bits per heavy atom. The Balaban J connectivity index is 1.77. The van der Waals surface area contributed by atoms with Crippen molar-refractivity contribution in [2.45, 2.75) is 0 Å². The molecule has 2 saturated heterocycles. The molecule has 0 radical (unpaired) electrons. The van der Waals surface area contributed by atoms with Crippen LogP contribution in [0.25, 0.3) is 0 Å². The third kappa shape index (κ3) is 2.03. The Labute approximate surface area is 80.6 Å². The van der Waals surface area contributed by atoms with Crippen LogP contribution < -0.4 is 0 Å². The fourth-order valence-corrected chi connectivity index (χ4v) is 2.73. The molecule has 0 amide bonds. The quantitative estimate of drug-likeness (QED) is 0.620. The molecule has 0 bridgehead atoms. The van der Waals surface area contributed by atoms with Gasteiger partial charge in [0.15, 0.2) is 0 Å². The summed E-state index contributed by atoms with van der Waals surface area (Å²) in [5, 5.41) is 0. The molecule has 2 aliphatic heterocycles. The maximum absolute atomic E-state index is 5.09. The molecule has 0 aromatic carbocycles. The lowest BCUT2D eigenvalue weighted by atomic mass is 10.0. The summed E-state index contributed by atoms with van der Waals surface area (Å²) in [6, 6.07) is 0. The third-order valence-corrected chi connectivity index (χ3v) is 3.36. The SMILES string of the molecule is COCCN1CC2CN(C)CC2C1. The summed E-state index contributed by atoms with van der Waals surface area (Å²) in [7, 11) is 4.02. The van der Waals surface area contributed by atoms with Crippen molar-refractivity contribution in [2.75, 3.05) is 53.5 Å². The smallest absolute Gasteiger partial charge is 0.0589 e. The van der Waals surface area contributed by atoms with Gasteiger partial charge in [0.1, 0.15) is 0 Å². The van der Waals surface area contributed by atoms with Crippen LogP contribution in [-0.2, 0) is 4.74 Å². The van der Waals surface area contributed by atoms with Gasteiger partial charge in [-0.05, 0) is 18.9 Å². The van der Waals surface area contributed by atoms with Gasteiger partial charge in [-0.1, -0.05) is 0 Å². The van der Waals surface area contributed by atoms with E-state index >= 15 is 0 Å². The van der Waals surface area contributed by atoms with Crippen LogP contribution >= 0.6 is 0 Å². The first-order chi connectivity index (χ1) is 6.29. The molecule has 2 aliphatic rings. The van der Waals surface area contributed by atoms with Gasteiger partial charge in [-0.15, -0.1) is 0 Å². The van der Waals surface area contributed by atoms with Crippen LogP contribution in [0.2, 0.25) is 0 Å². The fourth-order valence-electron chi connectivity index (χ4n) is 2.73. The summed E-state index contributed by atoms with van der Waals surface area (Å²) in [4.78, 5) is 5.01. The van der Waals surface area contributed by atoms with Crippen molar-refractivity contribution in [1.82, 2.24) is 9.80 Å². The molecule has 0 aliphatic carbocycles. The van der Waals surface area contributed by atoms with Crippen molar-refractivity contribution in [3.05, 3.63) is 0 Å². The number of likely N-dealkylation sites (tertiary alicyclic amines) is 2. The van der Waals surface area contributed by atoms with E-state index in [2.05, 4.69) is 16.8 Å². The molecule has 0 saturated carbocycles. The summed E-state index contributed by atoms with van der Waals surface area (Å²) in [5.41, 5.74) is 0. The lowest BCUT2D eigenvalue weighted by Crippen LogP contribution is -2.29. The second-order valence-corrected chi connectivity index (χ2v) is 4.49. The van der Waals surface area contributed by atoms with Crippen LogP contribution in [-0.4, -0.2) is 63.3 Å². The highest BCUT2D eigenvalue weighted by Gasteiger charge is 2.38. The summed E-state index contributed by atoms with van der Waals surface area (Å²) in [6.07, 6.45) is 0. The van der Waals surface area contributed by atoms with Gasteiger partial charge in [0.05, 0.1) is 6.61 Å². The second kappa shape index (κ2) is 3.95. The van der Waals surface area contributed by atoms with E-state index in [0.717, 1.165) is 25.0 Å². The molecular formula is C10H20N2O. The maximum atomic E-state index is 5.09. The minimum atomic E-state index is 0.884. The molecule has 2 rings (SSSR count). The molecule has 2 unspecified atom stereocenters. The monoisotopic (exact) mass is 184 g/mol. The van der Waals surface area contributed by atoms with E-state index in [4.69, 9.17) is 4.74 Å². The Kier molecular flexibility index (Phi) is 2.86. The van der Waals surface area contributed by atoms with Gasteiger partial charge >= 0.3 is 0 Å². The zero-order valence-corrected chi connectivity index (χ0v) is 8.70. The van der Waals surface area contributed by atoms with Gasteiger partial charge in [0.25, 0.3) is 0 Å². The molecule has 0 aromatic rings. The lowest BCUT2D eigenvalue weighted by molar-refractivity contribution is 0.154. The number of hydrogen-bond donors (Lipinski definition) is 0. The highest BCUT2D eigenvalue weighted by atomic mass is 16.5. The second-order valence-electron chi connectivity index (χ2n) is 4.49. The first kappa shape index (κ1) is 9.44. The average molecular weight is 184 g/mol. The number of rotatable bonds is 3. The molecular weight excluding hydrogens is 164 g/mol. The van der Waals surface area contributed by atoms with Crippen molar-refractivity contribution in [3.63, 3.8) is 0 Å². The van der Waals surface area contributed by atoms with Gasteiger partial charge < -0.3 is 14.5 Å². The molecule has 0 N–H and O–H groups in total. The van der Waals surface area contributed by atoms with Gasteiger partial charge in [-0.3, -0.25) is 0 Å². The largest absolute Gasteiger partial charge is 0.383 e. The van der Waals surface area contributed by atoms with Crippen molar-refractivity contribution in [3.8, 4) is 0 Å². The summed E-state index contributed by atoms with van der Waals surface area (Å²) >= 11 is 0. The number of nitrogens with zero attached hydrogens (tertiary/aromatic N) is 2. The van der Waals surface area contributed by atoms with E-state index in [-0.39, 0.29) is 0 Å². The predicted octanol–water partition coefficient (Wildman–Crippen LogP) is 0.126. The van der Waals surface area contributed by atoms with E-state index < -0.39 is 0 Å². The van der Waals surface area contributed by atoms with Crippen LogP contribution in [0.15, 0.2) is 0 Å². The molecule has 3 heteroatoms. The van der Waals surface area contributed by atoms with Crippen molar-refractivity contribution in [2.24, 2.45) is 11.8 Å². The third-order valence-electron chi connectivity index (χ3n) is 3.36. The topological polar surface area (TPSA) is 15.7 Å². The Morgan fingerprint density at radius 2 is 1.77 bits per heavy atom. The van der Waals surface area contributed by atoms with Crippen LogP contribution in [0.1, 0.15) is 0 Å². The summed E-state index contributed by atoms with van der Waals surface area (Å²) < 4.78 is 5.09. The van der Waals surface area contributed by atoms with E-state index in [1.807, 2.05) is 0 Å². The number of ether oxygens (including phenoxy) is 1. The average Bonchev–Trinajstić information content (AvgIpc) is 2.57. The summed E-state index contributed by atoms with van der Waals surface area (Å²) in [6.45, 7) is 7.18. The molecule has 76 valence electrons. The first-order valence-electron chi connectivity index (χ1n) is 5.19. The highest BCUT2D eigenvalue weighted by molar-refractivity contribution is 4.91. The van der Waals surface area contributed by atoms with Crippen molar-refractivity contribution < 1.29 is 4.74 Å². The summed E-state index contributed by atoms with van der Waals surface area (Å²) in [5.74, 6) is 1.86. The van der Waals surface area contributed by atoms with Gasteiger partial charge in [-0.2, -0.15) is 0 Å². The van der Waals surface area contributed by atoms with Crippen LogP contribution in [0, 0.1) is 11.8 Å². The predicted molar refractivity (Wildman–Crippen MR) is 52.8 cm³/mol. The van der Waals surface area contributed by atoms with E-state index in [1.54, 1.807) is 7.11 Å². The molecule has 2 heterocycles. The highest BCUT2D eigenvalue weighted by Crippen LogP contribution is 2.29. The lowest BCUT2D eigenvalue weighted by Gasteiger charge is -2.18. The number of fused-ring (bicyclic) bond motifs is 1. The van der Waals surface area contributed by atoms with Crippen LogP contribution in [0.3, 0.4) is 0 Å². The fraction of sp³-hybridized carbons (Fsp3) is 1.00. The molecule has 13 heavy (non-hydrogen) atoms. The molecule has 0 aromatic heterocycles. The normalized spacial score (nSPS) is 35.5. The van der Waals surface area contributed by atoms with Gasteiger partial charge in [0, 0.05) is 39.8 Å².